The second-order valence-electron chi connectivity index (χ2n) is 7.51. The molecular formula is C19H19N5OS. The molecule has 0 atom stereocenters. The molecule has 3 aromatic rings. The summed E-state index contributed by atoms with van der Waals surface area (Å²) >= 11 is 1.49. The van der Waals surface area contributed by atoms with Crippen molar-refractivity contribution in [2.24, 2.45) is 10.4 Å². The summed E-state index contributed by atoms with van der Waals surface area (Å²) in [5, 5.41) is 11.6. The first-order valence-corrected chi connectivity index (χ1v) is 9.51. The van der Waals surface area contributed by atoms with E-state index in [0.717, 1.165) is 45.0 Å². The normalized spacial score (nSPS) is 19.9. The molecule has 5 rings (SSSR count). The van der Waals surface area contributed by atoms with Crippen LogP contribution in [0.5, 0.6) is 0 Å². The summed E-state index contributed by atoms with van der Waals surface area (Å²) in [7, 11) is 1.70. The highest BCUT2D eigenvalue weighted by atomic mass is 32.1. The number of hydrogen-bond donors (Lipinski definition) is 2. The monoisotopic (exact) mass is 365 g/mol. The molecule has 0 radical (unpaired) electrons. The fourth-order valence-corrected chi connectivity index (χ4v) is 4.95. The Morgan fingerprint density at radius 2 is 2.08 bits per heavy atom. The van der Waals surface area contributed by atoms with E-state index in [4.69, 9.17) is 10.7 Å². The van der Waals surface area contributed by atoms with Gasteiger partial charge in [0.15, 0.2) is 0 Å². The van der Waals surface area contributed by atoms with Gasteiger partial charge in [-0.05, 0) is 49.3 Å². The summed E-state index contributed by atoms with van der Waals surface area (Å²) in [6, 6.07) is 5.82. The van der Waals surface area contributed by atoms with Gasteiger partial charge in [0.2, 0.25) is 0 Å². The Morgan fingerprint density at radius 1 is 1.27 bits per heavy atom. The van der Waals surface area contributed by atoms with Crippen LogP contribution < -0.4 is 5.73 Å². The number of aliphatic hydroxyl groups is 1. The molecule has 3 aromatic heterocycles. The van der Waals surface area contributed by atoms with Crippen LogP contribution in [-0.2, 0) is 5.60 Å². The van der Waals surface area contributed by atoms with Crippen LogP contribution in [0.1, 0.15) is 36.3 Å². The van der Waals surface area contributed by atoms with Gasteiger partial charge in [-0.3, -0.25) is 4.99 Å². The van der Waals surface area contributed by atoms with Crippen LogP contribution >= 0.6 is 11.3 Å². The van der Waals surface area contributed by atoms with Crippen molar-refractivity contribution in [3.05, 3.63) is 35.0 Å². The minimum atomic E-state index is -0.754. The predicted octanol–water partition coefficient (Wildman–Crippen LogP) is 3.15. The van der Waals surface area contributed by atoms with Gasteiger partial charge in [-0.25, -0.2) is 15.0 Å². The van der Waals surface area contributed by atoms with E-state index in [9.17, 15) is 5.11 Å². The number of rotatable bonds is 3. The van der Waals surface area contributed by atoms with Crippen molar-refractivity contribution in [3.63, 3.8) is 0 Å². The van der Waals surface area contributed by atoms with Gasteiger partial charge in [0.25, 0.3) is 0 Å². The molecule has 7 heteroatoms. The largest absolute Gasteiger partial charge is 0.383 e. The molecule has 0 amide bonds. The molecule has 1 spiro atoms. The van der Waals surface area contributed by atoms with E-state index < -0.39 is 5.60 Å². The molecule has 0 bridgehead atoms. The lowest BCUT2D eigenvalue weighted by Crippen LogP contribution is -2.42. The summed E-state index contributed by atoms with van der Waals surface area (Å²) < 4.78 is 0. The van der Waals surface area contributed by atoms with Crippen LogP contribution in [0.25, 0.3) is 21.6 Å². The van der Waals surface area contributed by atoms with Crippen molar-refractivity contribution >= 4 is 33.7 Å². The van der Waals surface area contributed by atoms with Crippen LogP contribution in [0, 0.1) is 5.41 Å². The van der Waals surface area contributed by atoms with Crippen molar-refractivity contribution in [1.82, 2.24) is 15.0 Å². The molecular weight excluding hydrogens is 346 g/mol. The third-order valence-electron chi connectivity index (χ3n) is 5.46. The minimum absolute atomic E-state index is 0.415. The summed E-state index contributed by atoms with van der Waals surface area (Å²) in [5.41, 5.74) is 8.84. The standard InChI is InChI=1S/C19H19N5OS/c1-21-7-12-6-11(8-22-15(12)20)13-2-3-14-16(23-13)26-17(24-14)19(25)9-18(10-19)4-5-18/h2-3,6-8,25H,4-5,9-10H2,1H3,(H2,20,22). The number of thiazole rings is 1. The van der Waals surface area contributed by atoms with Crippen LogP contribution in [0.4, 0.5) is 5.82 Å². The number of pyridine rings is 2. The SMILES string of the molecule is CN=Cc1cc(-c2ccc3nc(C4(O)CC5(CC5)C4)sc3n2)cnc1N. The Labute approximate surface area is 154 Å². The first kappa shape index (κ1) is 15.8. The molecule has 2 fully saturated rings. The Kier molecular flexibility index (Phi) is 3.24. The van der Waals surface area contributed by atoms with Crippen molar-refractivity contribution in [2.75, 3.05) is 12.8 Å². The van der Waals surface area contributed by atoms with E-state index in [1.807, 2.05) is 18.2 Å². The van der Waals surface area contributed by atoms with Gasteiger partial charge in [-0.2, -0.15) is 0 Å². The van der Waals surface area contributed by atoms with E-state index in [0.29, 0.717) is 11.2 Å². The minimum Gasteiger partial charge on any atom is -0.383 e. The average Bonchev–Trinajstić information content (AvgIpc) is 3.25. The number of nitrogens with zero attached hydrogens (tertiary/aromatic N) is 4. The Hall–Kier alpha value is -2.38. The molecule has 2 saturated carbocycles. The first-order valence-electron chi connectivity index (χ1n) is 8.69. The van der Waals surface area contributed by atoms with Crippen molar-refractivity contribution in [3.8, 4) is 11.3 Å². The average molecular weight is 365 g/mol. The van der Waals surface area contributed by atoms with Crippen LogP contribution in [-0.4, -0.2) is 33.3 Å². The number of aliphatic imine (C=N–C) groups is 1. The lowest BCUT2D eigenvalue weighted by Gasteiger charge is -2.42. The van der Waals surface area contributed by atoms with Gasteiger partial charge in [0.1, 0.15) is 26.8 Å². The lowest BCUT2D eigenvalue weighted by atomic mass is 9.68. The lowest BCUT2D eigenvalue weighted by molar-refractivity contribution is -0.0916. The van der Waals surface area contributed by atoms with E-state index in [-0.39, 0.29) is 0 Å². The van der Waals surface area contributed by atoms with Crippen LogP contribution in [0.3, 0.4) is 0 Å². The molecule has 0 aliphatic heterocycles. The van der Waals surface area contributed by atoms with Crippen LogP contribution in [0.15, 0.2) is 29.4 Å². The summed E-state index contributed by atoms with van der Waals surface area (Å²) in [6.07, 6.45) is 7.58. The third kappa shape index (κ3) is 2.42. The molecule has 3 N–H and O–H groups in total. The van der Waals surface area contributed by atoms with Crippen LogP contribution in [0.2, 0.25) is 0 Å². The van der Waals surface area contributed by atoms with Gasteiger partial charge in [-0.1, -0.05) is 11.3 Å². The summed E-state index contributed by atoms with van der Waals surface area (Å²) in [6.45, 7) is 0. The van der Waals surface area contributed by atoms with E-state index >= 15 is 0 Å². The zero-order chi connectivity index (χ0) is 17.9. The van der Waals surface area contributed by atoms with E-state index in [1.54, 1.807) is 19.5 Å². The zero-order valence-corrected chi connectivity index (χ0v) is 15.3. The highest BCUT2D eigenvalue weighted by Crippen LogP contribution is 2.68. The number of anilines is 1. The topological polar surface area (TPSA) is 97.3 Å². The van der Waals surface area contributed by atoms with Gasteiger partial charge < -0.3 is 10.8 Å². The number of fused-ring (bicyclic) bond motifs is 1. The van der Waals surface area contributed by atoms with Gasteiger partial charge in [0.05, 0.1) is 5.69 Å². The number of hydrogen-bond acceptors (Lipinski definition) is 7. The van der Waals surface area contributed by atoms with E-state index in [1.165, 1.54) is 24.2 Å². The molecule has 0 saturated heterocycles. The number of aromatic nitrogens is 3. The Bertz CT molecular complexity index is 1050. The maximum absolute atomic E-state index is 10.9. The first-order chi connectivity index (χ1) is 12.5. The highest BCUT2D eigenvalue weighted by Gasteiger charge is 2.62. The maximum atomic E-state index is 10.9. The van der Waals surface area contributed by atoms with Crippen molar-refractivity contribution in [1.29, 1.82) is 0 Å². The van der Waals surface area contributed by atoms with Crippen molar-refractivity contribution < 1.29 is 5.11 Å². The quantitative estimate of drug-likeness (QED) is 0.695. The molecule has 132 valence electrons. The number of nitrogens with two attached hydrogens (primary N) is 1. The highest BCUT2D eigenvalue weighted by molar-refractivity contribution is 7.18. The fourth-order valence-electron chi connectivity index (χ4n) is 3.92. The molecule has 2 aliphatic carbocycles. The summed E-state index contributed by atoms with van der Waals surface area (Å²) in [5.74, 6) is 0.446. The van der Waals surface area contributed by atoms with Crippen molar-refractivity contribution in [2.45, 2.75) is 31.3 Å². The van der Waals surface area contributed by atoms with Gasteiger partial charge in [-0.15, -0.1) is 0 Å². The zero-order valence-electron chi connectivity index (χ0n) is 14.4. The van der Waals surface area contributed by atoms with E-state index in [2.05, 4.69) is 15.0 Å². The third-order valence-corrected chi connectivity index (χ3v) is 6.62. The molecule has 26 heavy (non-hydrogen) atoms. The molecule has 0 aromatic carbocycles. The second-order valence-corrected chi connectivity index (χ2v) is 8.49. The Morgan fingerprint density at radius 3 is 2.81 bits per heavy atom. The summed E-state index contributed by atoms with van der Waals surface area (Å²) in [4.78, 5) is 18.5. The predicted molar refractivity (Wildman–Crippen MR) is 103 cm³/mol. The molecule has 2 aliphatic rings. The smallest absolute Gasteiger partial charge is 0.144 e. The second kappa shape index (κ2) is 5.31. The molecule has 3 heterocycles. The number of nitrogen functional groups attached to an aromatic ring is 1. The Balaban J connectivity index is 1.51. The fraction of sp³-hybridized carbons (Fsp3) is 0.368. The maximum Gasteiger partial charge on any atom is 0.144 e. The van der Waals surface area contributed by atoms with Gasteiger partial charge in [0, 0.05) is 30.6 Å². The molecule has 0 unspecified atom stereocenters. The molecule has 6 nitrogen and oxygen atoms in total. The van der Waals surface area contributed by atoms with Gasteiger partial charge >= 0.3 is 0 Å².